The fourth-order valence-corrected chi connectivity index (χ4v) is 1.24. The molecule has 1 fully saturated rings. The number of hydrogen-bond acceptors (Lipinski definition) is 2. The van der Waals surface area contributed by atoms with Crippen LogP contribution in [0.1, 0.15) is 39.5 Å². The zero-order valence-corrected chi connectivity index (χ0v) is 8.21. The Morgan fingerprint density at radius 1 is 1.50 bits per heavy atom. The summed E-state index contributed by atoms with van der Waals surface area (Å²) in [5.41, 5.74) is 0. The van der Waals surface area contributed by atoms with Crippen LogP contribution in [0.2, 0.25) is 0 Å². The molecule has 2 nitrogen and oxygen atoms in total. The van der Waals surface area contributed by atoms with Crippen molar-refractivity contribution in [3.8, 4) is 0 Å². The highest BCUT2D eigenvalue weighted by Gasteiger charge is 2.23. The molecule has 1 aliphatic rings. The second kappa shape index (κ2) is 5.55. The van der Waals surface area contributed by atoms with Crippen LogP contribution in [-0.4, -0.2) is 25.4 Å². The van der Waals surface area contributed by atoms with Gasteiger partial charge in [0.1, 0.15) is 6.10 Å². The summed E-state index contributed by atoms with van der Waals surface area (Å²) in [5, 5.41) is 0. The number of epoxide rings is 1. The Morgan fingerprint density at radius 2 is 2.25 bits per heavy atom. The largest absolute Gasteiger partial charge is 0.375 e. The highest BCUT2D eigenvalue weighted by Crippen LogP contribution is 2.14. The molecule has 0 bridgehead atoms. The molecule has 0 aromatic rings. The third-order valence-electron chi connectivity index (χ3n) is 2.26. The highest BCUT2D eigenvalue weighted by molar-refractivity contribution is 4.68. The molecule has 1 aliphatic heterocycles. The van der Waals surface area contributed by atoms with Gasteiger partial charge in [-0.2, -0.15) is 0 Å². The van der Waals surface area contributed by atoms with Gasteiger partial charge in [-0.1, -0.05) is 26.7 Å². The fourth-order valence-electron chi connectivity index (χ4n) is 1.24. The minimum absolute atomic E-state index is 0.417. The topological polar surface area (TPSA) is 21.8 Å². The average molecular weight is 172 g/mol. The molecule has 1 saturated heterocycles. The van der Waals surface area contributed by atoms with Crippen molar-refractivity contribution in [2.45, 2.75) is 51.7 Å². The van der Waals surface area contributed by atoms with Gasteiger partial charge in [-0.3, -0.25) is 0 Å². The van der Waals surface area contributed by atoms with E-state index in [0.29, 0.717) is 12.2 Å². The standard InChI is InChI=1S/C10H20O2/c1-3-5-6-9(4-2)11-7-10-8-12-10/h9-10H,3-8H2,1-2H3. The van der Waals surface area contributed by atoms with Crippen LogP contribution in [0.15, 0.2) is 0 Å². The summed E-state index contributed by atoms with van der Waals surface area (Å²) in [6.45, 7) is 6.12. The quantitative estimate of drug-likeness (QED) is 0.550. The van der Waals surface area contributed by atoms with E-state index in [1.807, 2.05) is 0 Å². The van der Waals surface area contributed by atoms with Gasteiger partial charge >= 0.3 is 0 Å². The first kappa shape index (κ1) is 10.0. The van der Waals surface area contributed by atoms with Crippen LogP contribution in [-0.2, 0) is 9.47 Å². The first-order valence-electron chi connectivity index (χ1n) is 5.10. The molecule has 1 rings (SSSR count). The van der Waals surface area contributed by atoms with Gasteiger partial charge in [0.05, 0.1) is 19.3 Å². The summed E-state index contributed by atoms with van der Waals surface area (Å²) in [7, 11) is 0. The lowest BCUT2D eigenvalue weighted by Gasteiger charge is -2.14. The van der Waals surface area contributed by atoms with Crippen molar-refractivity contribution in [2.75, 3.05) is 13.2 Å². The van der Waals surface area contributed by atoms with Crippen LogP contribution in [0.3, 0.4) is 0 Å². The van der Waals surface area contributed by atoms with Gasteiger partial charge in [0, 0.05) is 0 Å². The van der Waals surface area contributed by atoms with Gasteiger partial charge in [0.15, 0.2) is 0 Å². The van der Waals surface area contributed by atoms with E-state index in [1.54, 1.807) is 0 Å². The van der Waals surface area contributed by atoms with E-state index >= 15 is 0 Å². The Hall–Kier alpha value is -0.0800. The maximum absolute atomic E-state index is 5.69. The van der Waals surface area contributed by atoms with Crippen LogP contribution >= 0.6 is 0 Å². The van der Waals surface area contributed by atoms with Crippen molar-refractivity contribution < 1.29 is 9.47 Å². The molecular weight excluding hydrogens is 152 g/mol. The van der Waals surface area contributed by atoms with Crippen molar-refractivity contribution in [1.82, 2.24) is 0 Å². The van der Waals surface area contributed by atoms with E-state index in [9.17, 15) is 0 Å². The van der Waals surface area contributed by atoms with E-state index in [1.165, 1.54) is 19.3 Å². The lowest BCUT2D eigenvalue weighted by Crippen LogP contribution is -2.15. The predicted octanol–water partition coefficient (Wildman–Crippen LogP) is 2.37. The second-order valence-corrected chi connectivity index (χ2v) is 3.46. The molecule has 0 spiro atoms. The Morgan fingerprint density at radius 3 is 2.75 bits per heavy atom. The summed E-state index contributed by atoms with van der Waals surface area (Å²) < 4.78 is 10.8. The zero-order chi connectivity index (χ0) is 8.81. The van der Waals surface area contributed by atoms with Crippen molar-refractivity contribution in [3.05, 3.63) is 0 Å². The molecule has 72 valence electrons. The SMILES string of the molecule is CCCCC(CC)OCC1CO1. The molecule has 12 heavy (non-hydrogen) atoms. The van der Waals surface area contributed by atoms with Gasteiger partial charge in [-0.05, 0) is 12.8 Å². The summed E-state index contributed by atoms with van der Waals surface area (Å²) in [6, 6.07) is 0. The van der Waals surface area contributed by atoms with E-state index < -0.39 is 0 Å². The molecule has 2 atom stereocenters. The van der Waals surface area contributed by atoms with E-state index in [2.05, 4.69) is 13.8 Å². The van der Waals surface area contributed by atoms with Crippen LogP contribution in [0.5, 0.6) is 0 Å². The summed E-state index contributed by atoms with van der Waals surface area (Å²) in [6.07, 6.45) is 5.77. The first-order chi connectivity index (χ1) is 5.86. The highest BCUT2D eigenvalue weighted by atomic mass is 16.6. The molecule has 0 saturated carbocycles. The van der Waals surface area contributed by atoms with Crippen LogP contribution in [0.4, 0.5) is 0 Å². The van der Waals surface area contributed by atoms with Gasteiger partial charge < -0.3 is 9.47 Å². The normalized spacial score (nSPS) is 24.0. The third kappa shape index (κ3) is 4.07. The van der Waals surface area contributed by atoms with Crippen LogP contribution < -0.4 is 0 Å². The molecular formula is C10H20O2. The maximum atomic E-state index is 5.69. The molecule has 0 radical (unpaired) electrons. The molecule has 0 N–H and O–H groups in total. The lowest BCUT2D eigenvalue weighted by atomic mass is 10.1. The number of unbranched alkanes of at least 4 members (excludes halogenated alkanes) is 1. The molecule has 0 aromatic heterocycles. The number of hydrogen-bond donors (Lipinski definition) is 0. The summed E-state index contributed by atoms with van der Waals surface area (Å²) in [5.74, 6) is 0. The zero-order valence-electron chi connectivity index (χ0n) is 8.21. The molecule has 2 heteroatoms. The first-order valence-corrected chi connectivity index (χ1v) is 5.10. The minimum atomic E-state index is 0.417. The van der Waals surface area contributed by atoms with Crippen molar-refractivity contribution in [2.24, 2.45) is 0 Å². The summed E-state index contributed by atoms with van der Waals surface area (Å²) in [4.78, 5) is 0. The van der Waals surface area contributed by atoms with Crippen molar-refractivity contribution in [1.29, 1.82) is 0 Å². The van der Waals surface area contributed by atoms with Gasteiger partial charge in [-0.25, -0.2) is 0 Å². The molecule has 2 unspecified atom stereocenters. The smallest absolute Gasteiger partial charge is 0.104 e. The van der Waals surface area contributed by atoms with Gasteiger partial charge in [-0.15, -0.1) is 0 Å². The Bertz CT molecular complexity index is 110. The maximum Gasteiger partial charge on any atom is 0.104 e. The van der Waals surface area contributed by atoms with Crippen LogP contribution in [0.25, 0.3) is 0 Å². The Balaban J connectivity index is 1.98. The lowest BCUT2D eigenvalue weighted by molar-refractivity contribution is 0.0337. The molecule has 0 aliphatic carbocycles. The Labute approximate surface area is 75.2 Å². The predicted molar refractivity (Wildman–Crippen MR) is 49.3 cm³/mol. The molecule has 0 aromatic carbocycles. The average Bonchev–Trinajstić information content (AvgIpc) is 2.89. The van der Waals surface area contributed by atoms with E-state index in [0.717, 1.165) is 19.6 Å². The Kier molecular flexibility index (Phi) is 4.62. The second-order valence-electron chi connectivity index (χ2n) is 3.46. The third-order valence-corrected chi connectivity index (χ3v) is 2.26. The molecule has 1 heterocycles. The van der Waals surface area contributed by atoms with Crippen molar-refractivity contribution in [3.63, 3.8) is 0 Å². The van der Waals surface area contributed by atoms with Gasteiger partial charge in [0.25, 0.3) is 0 Å². The number of ether oxygens (including phenoxy) is 2. The van der Waals surface area contributed by atoms with Crippen molar-refractivity contribution >= 4 is 0 Å². The molecule has 0 amide bonds. The summed E-state index contributed by atoms with van der Waals surface area (Å²) >= 11 is 0. The van der Waals surface area contributed by atoms with E-state index in [-0.39, 0.29) is 0 Å². The fraction of sp³-hybridized carbons (Fsp3) is 1.00. The minimum Gasteiger partial charge on any atom is -0.375 e. The monoisotopic (exact) mass is 172 g/mol. The number of rotatable bonds is 7. The van der Waals surface area contributed by atoms with Crippen LogP contribution in [0, 0.1) is 0 Å². The van der Waals surface area contributed by atoms with Gasteiger partial charge in [0.2, 0.25) is 0 Å². The van der Waals surface area contributed by atoms with E-state index in [4.69, 9.17) is 9.47 Å².